The zero-order valence-electron chi connectivity index (χ0n) is 20.4. The van der Waals surface area contributed by atoms with Gasteiger partial charge in [-0.1, -0.05) is 13.0 Å². The second-order valence-electron chi connectivity index (χ2n) is 8.15. The van der Waals surface area contributed by atoms with E-state index in [1.807, 2.05) is 0 Å². The lowest BCUT2D eigenvalue weighted by Crippen LogP contribution is -2.37. The van der Waals surface area contributed by atoms with Gasteiger partial charge in [0.15, 0.2) is 15.7 Å². The molecule has 0 aliphatic heterocycles. The van der Waals surface area contributed by atoms with Gasteiger partial charge in [-0.05, 0) is 11.0 Å². The topological polar surface area (TPSA) is 177 Å². The lowest BCUT2D eigenvalue weighted by molar-refractivity contribution is -0.392. The molecule has 0 aliphatic rings. The second kappa shape index (κ2) is 12.0. The average Bonchev–Trinajstić information content (AvgIpc) is 3.61. The highest BCUT2D eigenvalue weighted by molar-refractivity contribution is 7.91. The highest BCUT2D eigenvalue weighted by atomic mass is 32.2. The van der Waals surface area contributed by atoms with Crippen LogP contribution in [0.2, 0.25) is 0 Å². The maximum absolute atomic E-state index is 14.1. The molecule has 0 amide bonds. The quantitative estimate of drug-likeness (QED) is 0.222. The fraction of sp³-hybridized carbons (Fsp3) is 0.381. The van der Waals surface area contributed by atoms with E-state index in [1.165, 1.54) is 45.3 Å². The molecule has 0 spiro atoms. The summed E-state index contributed by atoms with van der Waals surface area (Å²) in [6.07, 6.45) is 6.53. The molecular formula is C21H25F2N9O5S. The molecule has 1 N–H and O–H groups in total. The van der Waals surface area contributed by atoms with E-state index in [2.05, 4.69) is 25.1 Å². The molecule has 3 aromatic heterocycles. The molecule has 0 atom stereocenters. The van der Waals surface area contributed by atoms with Crippen LogP contribution in [0.15, 0.2) is 49.7 Å². The molecular weight excluding hydrogens is 528 g/mol. The molecule has 0 unspecified atom stereocenters. The van der Waals surface area contributed by atoms with Crippen molar-refractivity contribution in [3.63, 3.8) is 0 Å². The highest BCUT2D eigenvalue weighted by Gasteiger charge is 2.34. The van der Waals surface area contributed by atoms with Crippen LogP contribution in [0.4, 0.5) is 14.6 Å². The molecule has 0 saturated carbocycles. The molecule has 1 aromatic carbocycles. The monoisotopic (exact) mass is 553 g/mol. The van der Waals surface area contributed by atoms with Crippen LogP contribution in [0, 0.1) is 28.7 Å². The van der Waals surface area contributed by atoms with Gasteiger partial charge in [0.1, 0.15) is 55.3 Å². The van der Waals surface area contributed by atoms with Crippen molar-refractivity contribution in [3.05, 3.63) is 82.8 Å². The standard InChI is InChI=1S/C13H12F2N6O.C8H13N3O4S/c14-10-1-2-11(12(15)3-10)13(22,4-20-8-16-6-18-20)5-21-9-17-7-19-21;1-3-16(14,15)5-4-10-7(2)9-6-8(10)11(12)13/h1-3,6-9,22H,4-5H2;6H,3-5H2,1-2H3. The Morgan fingerprint density at radius 3 is 2.18 bits per heavy atom. The SMILES string of the molecule is CCS(=O)(=O)CCn1c([N+](=O)[O-])cnc1C.OC(Cn1cncn1)(Cn1cncn1)c1ccc(F)cc1F. The number of sulfone groups is 1. The molecule has 0 aliphatic carbocycles. The minimum atomic E-state index is -3.13. The van der Waals surface area contributed by atoms with Gasteiger partial charge in [-0.3, -0.25) is 0 Å². The van der Waals surface area contributed by atoms with Crippen molar-refractivity contribution in [1.82, 2.24) is 39.1 Å². The molecule has 14 nitrogen and oxygen atoms in total. The number of benzene rings is 1. The first-order valence-electron chi connectivity index (χ1n) is 11.1. The zero-order chi connectivity index (χ0) is 27.9. The normalized spacial score (nSPS) is 11.7. The van der Waals surface area contributed by atoms with Gasteiger partial charge in [0, 0.05) is 24.3 Å². The number of aryl methyl sites for hydroxylation is 1. The number of hydrogen-bond donors (Lipinski definition) is 1. The van der Waals surface area contributed by atoms with E-state index in [1.54, 1.807) is 13.8 Å². The van der Waals surface area contributed by atoms with Gasteiger partial charge in [0.25, 0.3) is 0 Å². The van der Waals surface area contributed by atoms with Crippen molar-refractivity contribution >= 4 is 15.7 Å². The molecule has 17 heteroatoms. The number of imidazole rings is 1. The zero-order valence-corrected chi connectivity index (χ0v) is 21.2. The second-order valence-corrected chi connectivity index (χ2v) is 10.6. The van der Waals surface area contributed by atoms with Crippen LogP contribution < -0.4 is 0 Å². The Morgan fingerprint density at radius 1 is 1.11 bits per heavy atom. The van der Waals surface area contributed by atoms with Gasteiger partial charge in [-0.25, -0.2) is 46.1 Å². The fourth-order valence-corrected chi connectivity index (χ4v) is 4.25. The predicted molar refractivity (Wildman–Crippen MR) is 128 cm³/mol. The van der Waals surface area contributed by atoms with Gasteiger partial charge in [0.05, 0.1) is 18.8 Å². The van der Waals surface area contributed by atoms with Crippen molar-refractivity contribution in [2.24, 2.45) is 0 Å². The van der Waals surface area contributed by atoms with Crippen molar-refractivity contribution in [2.75, 3.05) is 11.5 Å². The predicted octanol–water partition coefficient (Wildman–Crippen LogP) is 1.27. The van der Waals surface area contributed by atoms with Gasteiger partial charge in [-0.2, -0.15) is 10.2 Å². The van der Waals surface area contributed by atoms with Crippen molar-refractivity contribution in [3.8, 4) is 0 Å². The maximum atomic E-state index is 14.1. The fourth-order valence-electron chi connectivity index (χ4n) is 3.51. The molecule has 0 saturated heterocycles. The van der Waals surface area contributed by atoms with Crippen LogP contribution in [-0.4, -0.2) is 69.0 Å². The summed E-state index contributed by atoms with van der Waals surface area (Å²) in [7, 11) is -3.13. The molecule has 4 aromatic rings. The lowest BCUT2D eigenvalue weighted by atomic mass is 9.93. The largest absolute Gasteiger partial charge is 0.381 e. The highest BCUT2D eigenvalue weighted by Crippen LogP contribution is 2.28. The molecule has 0 radical (unpaired) electrons. The Hall–Kier alpha value is -4.12. The summed E-state index contributed by atoms with van der Waals surface area (Å²) in [5.74, 6) is -1.37. The first-order valence-corrected chi connectivity index (χ1v) is 13.0. The maximum Gasteiger partial charge on any atom is 0.342 e. The third kappa shape index (κ3) is 7.22. The lowest BCUT2D eigenvalue weighted by Gasteiger charge is -2.28. The number of rotatable bonds is 10. The third-order valence-corrected chi connectivity index (χ3v) is 7.18. The van der Waals surface area contributed by atoms with Crippen LogP contribution in [0.1, 0.15) is 18.3 Å². The molecule has 204 valence electrons. The minimum absolute atomic E-state index is 0.0363. The Labute approximate surface area is 215 Å². The van der Waals surface area contributed by atoms with Crippen LogP contribution in [0.25, 0.3) is 0 Å². The first kappa shape index (κ1) is 28.5. The minimum Gasteiger partial charge on any atom is -0.381 e. The first-order chi connectivity index (χ1) is 17.9. The number of halogens is 2. The summed E-state index contributed by atoms with van der Waals surface area (Å²) < 4.78 is 53.8. The van der Waals surface area contributed by atoms with Gasteiger partial charge in [0.2, 0.25) is 0 Å². The van der Waals surface area contributed by atoms with Crippen LogP contribution in [0.5, 0.6) is 0 Å². The van der Waals surface area contributed by atoms with Crippen LogP contribution in [-0.2, 0) is 35.1 Å². The number of hydrogen-bond acceptors (Lipinski definition) is 10. The van der Waals surface area contributed by atoms with E-state index in [0.717, 1.165) is 18.3 Å². The van der Waals surface area contributed by atoms with E-state index in [0.29, 0.717) is 5.82 Å². The molecule has 0 fully saturated rings. The molecule has 4 rings (SSSR count). The summed E-state index contributed by atoms with van der Waals surface area (Å²) in [6, 6.07) is 3.02. The van der Waals surface area contributed by atoms with Crippen LogP contribution >= 0.6 is 0 Å². The van der Waals surface area contributed by atoms with E-state index in [9.17, 15) is 32.4 Å². The smallest absolute Gasteiger partial charge is 0.342 e. The van der Waals surface area contributed by atoms with Gasteiger partial charge in [-0.15, -0.1) is 0 Å². The number of nitro groups is 1. The van der Waals surface area contributed by atoms with Gasteiger partial charge < -0.3 is 15.2 Å². The Morgan fingerprint density at radius 2 is 1.71 bits per heavy atom. The van der Waals surface area contributed by atoms with E-state index in [4.69, 9.17) is 0 Å². The third-order valence-electron chi connectivity index (χ3n) is 5.50. The summed E-state index contributed by atoms with van der Waals surface area (Å²) in [4.78, 5) is 21.4. The van der Waals surface area contributed by atoms with E-state index >= 15 is 0 Å². The average molecular weight is 554 g/mol. The summed E-state index contributed by atoms with van der Waals surface area (Å²) >= 11 is 0. The molecule has 3 heterocycles. The Balaban J connectivity index is 0.000000223. The summed E-state index contributed by atoms with van der Waals surface area (Å²) in [5, 5.41) is 29.4. The van der Waals surface area contributed by atoms with Crippen molar-refractivity contribution < 1.29 is 27.2 Å². The van der Waals surface area contributed by atoms with E-state index in [-0.39, 0.29) is 42.5 Å². The Bertz CT molecular complexity index is 1420. The number of aromatic nitrogens is 8. The van der Waals surface area contributed by atoms with Gasteiger partial charge >= 0.3 is 5.82 Å². The van der Waals surface area contributed by atoms with Crippen molar-refractivity contribution in [1.29, 1.82) is 0 Å². The van der Waals surface area contributed by atoms with Crippen LogP contribution in [0.3, 0.4) is 0 Å². The summed E-state index contributed by atoms with van der Waals surface area (Å²) in [6.45, 7) is 3.07. The van der Waals surface area contributed by atoms with Crippen molar-refractivity contribution in [2.45, 2.75) is 39.1 Å². The number of aliphatic hydroxyl groups is 1. The molecule has 38 heavy (non-hydrogen) atoms. The molecule has 0 bridgehead atoms. The number of nitrogens with zero attached hydrogens (tertiary/aromatic N) is 9. The summed E-state index contributed by atoms with van der Waals surface area (Å²) in [5.41, 5.74) is -1.75. The van der Waals surface area contributed by atoms with E-state index < -0.39 is 32.0 Å². The Kier molecular flexibility index (Phi) is 8.95.